The van der Waals surface area contributed by atoms with Crippen molar-refractivity contribution in [1.29, 1.82) is 0 Å². The molecule has 7 rings (SSSR count). The van der Waals surface area contributed by atoms with Gasteiger partial charge < -0.3 is 56.3 Å². The van der Waals surface area contributed by atoms with E-state index in [0.717, 1.165) is 55.1 Å². The quantitative estimate of drug-likeness (QED) is 0.0326. The van der Waals surface area contributed by atoms with E-state index in [9.17, 15) is 37.1 Å². The minimum Gasteiger partial charge on any atom is -1.00 e. The number of alkyl halides is 1. The van der Waals surface area contributed by atoms with E-state index < -0.39 is 41.3 Å². The van der Waals surface area contributed by atoms with Gasteiger partial charge in [-0.05, 0) is 38.5 Å². The Morgan fingerprint density at radius 3 is 1.41 bits per heavy atom. The van der Waals surface area contributed by atoms with Gasteiger partial charge >= 0.3 is 150 Å². The first-order chi connectivity index (χ1) is 37.1. The van der Waals surface area contributed by atoms with Gasteiger partial charge in [0.05, 0.1) is 31.8 Å². The number of carbonyl (C=O) groups excluding carboxylic acids is 5. The SMILES string of the molecule is CC(=O)O.CC(=O)O.CC(C)(C)c1ccc(-c2cn3cc(F)cc3c(=O)[nH]2)cc1.CC(C)(C)c1ccc(C(=O)CBr)cc1.COC(=O)c1cc(F)c[nH]1.COC(=O)c1cc(F)cn1CC(=O)c1ccc(C(C)(C)C)cc1.N.O=CO[O-].[Cs+].[Cs+].[H-]. The third-order valence-corrected chi connectivity index (χ3v) is 11.1. The summed E-state index contributed by atoms with van der Waals surface area (Å²) in [5.74, 6) is -4.45. The largest absolute Gasteiger partial charge is 1.00 e. The zero-order chi connectivity index (χ0) is 61.3. The number of esters is 2. The maximum Gasteiger partial charge on any atom is 1.00 e. The summed E-state index contributed by atoms with van der Waals surface area (Å²) in [5.41, 5.74) is 6.85. The number of carboxylic acid groups (broad SMARTS) is 2. The topological polar surface area (TPSA) is 304 Å². The van der Waals surface area contributed by atoms with Crippen molar-refractivity contribution in [3.8, 4) is 11.3 Å². The van der Waals surface area contributed by atoms with Crippen molar-refractivity contribution in [3.05, 3.63) is 183 Å². The normalized spacial score (nSPS) is 10.1. The number of H-pyrrole nitrogens is 2. The predicted molar refractivity (Wildman–Crippen MR) is 303 cm³/mol. The number of nitrogens with zero attached hydrogens (tertiary/aromatic N) is 2. The smallest absolute Gasteiger partial charge is 1.00 e. The van der Waals surface area contributed by atoms with Gasteiger partial charge in [-0.25, -0.2) is 22.8 Å². The van der Waals surface area contributed by atoms with Gasteiger partial charge in [-0.2, -0.15) is 0 Å². The van der Waals surface area contributed by atoms with Gasteiger partial charge in [0.25, 0.3) is 24.0 Å². The van der Waals surface area contributed by atoms with Crippen LogP contribution in [0.1, 0.15) is 136 Å². The second kappa shape index (κ2) is 40.1. The number of methoxy groups -OCH3 is 2. The molecule has 25 heteroatoms. The number of ether oxygens (including phenoxy) is 2. The number of Topliss-reactive ketones (excluding diaryl/α,β-unsaturated/α-hetero) is 2. The fourth-order valence-corrected chi connectivity index (χ4v) is 6.82. The molecule has 7 N–H and O–H groups in total. The number of rotatable bonds is 9. The Hall–Kier alpha value is -4.31. The number of halogens is 4. The Morgan fingerprint density at radius 1 is 0.651 bits per heavy atom. The first-order valence-corrected chi connectivity index (χ1v) is 25.1. The van der Waals surface area contributed by atoms with Gasteiger partial charge in [0.1, 0.15) is 34.4 Å². The van der Waals surface area contributed by atoms with Crippen molar-refractivity contribution in [2.24, 2.45) is 0 Å². The van der Waals surface area contributed by atoms with Gasteiger partial charge in [0, 0.05) is 68.0 Å². The Morgan fingerprint density at radius 2 is 1.05 bits per heavy atom. The van der Waals surface area contributed by atoms with E-state index in [0.29, 0.717) is 22.1 Å². The molecule has 83 heavy (non-hydrogen) atoms. The average Bonchev–Trinajstić information content (AvgIpc) is 4.12. The molecule has 442 valence electrons. The van der Waals surface area contributed by atoms with Crippen LogP contribution in [0.4, 0.5) is 13.2 Å². The van der Waals surface area contributed by atoms with Gasteiger partial charge in [0.2, 0.25) is 0 Å². The third-order valence-electron chi connectivity index (χ3n) is 10.6. The molecule has 0 bridgehead atoms. The zero-order valence-corrected chi connectivity index (χ0v) is 63.5. The number of aromatic nitrogens is 4. The van der Waals surface area contributed by atoms with Crippen LogP contribution in [0, 0.1) is 17.5 Å². The number of benzene rings is 3. The summed E-state index contributed by atoms with van der Waals surface area (Å²) in [6.45, 7) is 21.1. The van der Waals surface area contributed by atoms with Gasteiger partial charge in [-0.1, -0.05) is 151 Å². The molecular weight excluding hydrogens is 1390 g/mol. The van der Waals surface area contributed by atoms with Crippen LogP contribution in [0.5, 0.6) is 0 Å². The summed E-state index contributed by atoms with van der Waals surface area (Å²) in [4.78, 5) is 92.3. The fraction of sp³-hybridized carbons (Fsp3) is 0.310. The summed E-state index contributed by atoms with van der Waals surface area (Å²) in [5, 5.41) is 23.7. The molecule has 0 amide bonds. The maximum atomic E-state index is 13.4. The van der Waals surface area contributed by atoms with E-state index in [1.165, 1.54) is 46.6 Å². The standard InChI is InChI=1S/C18H20FNO3.C17H17FN2O.C12H15BrO.C6H6FNO2.2C2H4O2.CH2O3.2Cs.H3N.H/c1-18(2,3)13-7-5-12(6-8-13)16(21)11-20-10-14(19)9-15(20)17(22)23-4;1-17(2,3)12-6-4-11(5-7-12)14-10-20-9-13(18)8-15(20)16(21)19-14;1-12(2,3)10-6-4-9(5-7-10)11(14)8-13;1-10-6(9)5-2-4(7)3-8-5;2*1-2(3)4;2-1-4-3;;;;/h5-10H,11H2,1-4H3;4-10H,1-3H3,(H,19,21);4-7H,8H2,1-3H3;2-3,8H,1H3;2*1H3,(H,3,4);1,3H;;;1H3;/q;;;;;;;2*+1;;-1/p-1. The molecule has 0 fully saturated rings. The van der Waals surface area contributed by atoms with E-state index in [1.54, 1.807) is 18.3 Å². The summed E-state index contributed by atoms with van der Waals surface area (Å²) >= 11 is 3.16. The number of nitrogens with one attached hydrogen (secondary N) is 2. The number of ketones is 2. The van der Waals surface area contributed by atoms with Crippen molar-refractivity contribution in [1.82, 2.24) is 25.1 Å². The van der Waals surface area contributed by atoms with Crippen molar-refractivity contribution >= 4 is 63.4 Å². The second-order valence-electron chi connectivity index (χ2n) is 20.0. The number of carboxylic acids is 2. The van der Waals surface area contributed by atoms with E-state index >= 15 is 0 Å². The van der Waals surface area contributed by atoms with Crippen LogP contribution in [0.25, 0.3) is 16.8 Å². The monoisotopic (exact) mass is 1460 g/mol. The second-order valence-corrected chi connectivity index (χ2v) is 20.6. The van der Waals surface area contributed by atoms with Crippen molar-refractivity contribution in [3.63, 3.8) is 0 Å². The number of hydrogen-bond acceptors (Lipinski definition) is 13. The zero-order valence-electron chi connectivity index (χ0n) is 50.4. The number of aliphatic carboxylic acids is 2. The van der Waals surface area contributed by atoms with Crippen LogP contribution in [-0.2, 0) is 51.5 Å². The summed E-state index contributed by atoms with van der Waals surface area (Å²) in [6.07, 6.45) is 5.24. The van der Waals surface area contributed by atoms with E-state index in [2.05, 4.69) is 103 Å². The molecular formula is C58H71BrCs2F3N5O14. The minimum atomic E-state index is -0.833. The minimum absolute atomic E-state index is 0. The molecule has 0 aliphatic carbocycles. The summed E-state index contributed by atoms with van der Waals surface area (Å²) in [7, 11) is 2.45. The van der Waals surface area contributed by atoms with E-state index in [4.69, 9.17) is 29.9 Å². The van der Waals surface area contributed by atoms with E-state index in [1.807, 2.05) is 60.7 Å². The number of hydrogen-bond donors (Lipinski definition) is 5. The molecule has 4 heterocycles. The van der Waals surface area contributed by atoms with Crippen molar-refractivity contribution < 1.29 is 216 Å². The molecule has 0 saturated carbocycles. The third kappa shape index (κ3) is 31.1. The van der Waals surface area contributed by atoms with Gasteiger partial charge in [-0.15, -0.1) is 0 Å². The first kappa shape index (κ1) is 82.9. The summed E-state index contributed by atoms with van der Waals surface area (Å²) < 4.78 is 50.5. The molecule has 0 atom stereocenters. The molecule has 0 radical (unpaired) electrons. The number of carbonyl (C=O) groups is 7. The van der Waals surface area contributed by atoms with Crippen molar-refractivity contribution in [2.45, 2.75) is 99.0 Å². The fourth-order valence-electron chi connectivity index (χ4n) is 6.50. The molecule has 3 aromatic carbocycles. The number of fused-ring (bicyclic) bond motifs is 1. The Balaban J connectivity index is -0.000000482. The maximum absolute atomic E-state index is 13.4. The van der Waals surface area contributed by atoms with Crippen LogP contribution >= 0.6 is 15.9 Å². The molecule has 0 aliphatic rings. The molecule has 0 unspecified atom stereocenters. The van der Waals surface area contributed by atoms with Crippen molar-refractivity contribution in [2.75, 3.05) is 19.5 Å². The van der Waals surface area contributed by atoms with E-state index in [-0.39, 0.29) is 203 Å². The average molecular weight is 1460 g/mol. The van der Waals surface area contributed by atoms with Gasteiger partial charge in [0.15, 0.2) is 11.6 Å². The first-order valence-electron chi connectivity index (χ1n) is 24.0. The number of aromatic amines is 2. The molecule has 4 aromatic heterocycles. The van der Waals surface area contributed by atoms with Crippen LogP contribution < -0.4 is 155 Å². The van der Waals surface area contributed by atoms with Crippen LogP contribution in [0.2, 0.25) is 0 Å². The molecule has 19 nitrogen and oxygen atoms in total. The van der Waals surface area contributed by atoms with Crippen LogP contribution in [0.3, 0.4) is 0 Å². The van der Waals surface area contributed by atoms with Crippen LogP contribution in [-0.4, -0.2) is 90.6 Å². The molecule has 0 saturated heterocycles. The molecule has 7 aromatic rings. The Labute approximate surface area is 607 Å². The Kier molecular flexibility index (Phi) is 40.1. The predicted octanol–water partition coefficient (Wildman–Crippen LogP) is 4.73. The Bertz CT molecular complexity index is 3200. The van der Waals surface area contributed by atoms with Gasteiger partial charge in [-0.3, -0.25) is 28.8 Å². The summed E-state index contributed by atoms with van der Waals surface area (Å²) in [6, 6.07) is 26.5. The molecule has 0 aliphatic heterocycles. The molecule has 0 spiro atoms. The van der Waals surface area contributed by atoms with Crippen LogP contribution in [0.15, 0.2) is 121 Å².